The van der Waals surface area contributed by atoms with Crippen LogP contribution in [0.2, 0.25) is 0 Å². The zero-order chi connectivity index (χ0) is 10.7. The van der Waals surface area contributed by atoms with Crippen molar-refractivity contribution in [1.82, 2.24) is 9.97 Å². The molecule has 0 aliphatic carbocycles. The lowest BCUT2D eigenvalue weighted by Gasteiger charge is -2.06. The fourth-order valence-electron chi connectivity index (χ4n) is 1.39. The summed E-state index contributed by atoms with van der Waals surface area (Å²) in [5.74, 6) is 1.51. The molecule has 0 unspecified atom stereocenters. The summed E-state index contributed by atoms with van der Waals surface area (Å²) in [7, 11) is 0. The minimum atomic E-state index is -0.101. The summed E-state index contributed by atoms with van der Waals surface area (Å²) in [5.41, 5.74) is 6.16. The number of anilines is 1. The fourth-order valence-corrected chi connectivity index (χ4v) is 1.39. The predicted octanol–water partition coefficient (Wildman–Crippen LogP) is 1.11. The topological polar surface area (TPSA) is 71.8 Å². The number of hydrogen-bond acceptors (Lipinski definition) is 3. The lowest BCUT2D eigenvalue weighted by molar-refractivity contribution is 0.618. The molecule has 1 aromatic heterocycles. The first-order valence-corrected chi connectivity index (χ1v) is 4.92. The zero-order valence-electron chi connectivity index (χ0n) is 8.92. The highest BCUT2D eigenvalue weighted by molar-refractivity contribution is 5.37. The Balaban J connectivity index is 3.08. The number of nitrogens with two attached hydrogens (primary N) is 1. The SMILES string of the molecule is CCc1c(N)nc(CC(C)C)[nH]c1=O. The normalized spacial score (nSPS) is 10.9. The summed E-state index contributed by atoms with van der Waals surface area (Å²) in [6.45, 7) is 6.04. The Morgan fingerprint density at radius 1 is 1.50 bits per heavy atom. The minimum absolute atomic E-state index is 0.101. The number of hydrogen-bond donors (Lipinski definition) is 2. The Morgan fingerprint density at radius 2 is 2.14 bits per heavy atom. The van der Waals surface area contributed by atoms with E-state index in [0.29, 0.717) is 29.5 Å². The second kappa shape index (κ2) is 4.26. The van der Waals surface area contributed by atoms with E-state index in [0.717, 1.165) is 6.42 Å². The third kappa shape index (κ3) is 2.34. The summed E-state index contributed by atoms with van der Waals surface area (Å²) >= 11 is 0. The third-order valence-electron chi connectivity index (χ3n) is 2.05. The zero-order valence-corrected chi connectivity index (χ0v) is 8.92. The Hall–Kier alpha value is -1.32. The molecule has 0 fully saturated rings. The van der Waals surface area contributed by atoms with Crippen molar-refractivity contribution in [3.8, 4) is 0 Å². The lowest BCUT2D eigenvalue weighted by atomic mass is 10.1. The van der Waals surface area contributed by atoms with Crippen LogP contribution in [0.1, 0.15) is 32.2 Å². The maximum absolute atomic E-state index is 11.5. The molecule has 0 aliphatic heterocycles. The van der Waals surface area contributed by atoms with Gasteiger partial charge in [0.1, 0.15) is 11.6 Å². The Kier molecular flexibility index (Phi) is 3.28. The molecule has 1 heterocycles. The van der Waals surface area contributed by atoms with Gasteiger partial charge in [-0.1, -0.05) is 20.8 Å². The van der Waals surface area contributed by atoms with Crippen molar-refractivity contribution in [1.29, 1.82) is 0 Å². The van der Waals surface area contributed by atoms with Gasteiger partial charge in [-0.3, -0.25) is 4.79 Å². The van der Waals surface area contributed by atoms with Gasteiger partial charge >= 0.3 is 0 Å². The largest absolute Gasteiger partial charge is 0.383 e. The Bertz CT molecular complexity index is 368. The van der Waals surface area contributed by atoms with E-state index in [2.05, 4.69) is 23.8 Å². The molecule has 0 amide bonds. The van der Waals surface area contributed by atoms with Gasteiger partial charge in [-0.15, -0.1) is 0 Å². The fraction of sp³-hybridized carbons (Fsp3) is 0.600. The van der Waals surface area contributed by atoms with Crippen molar-refractivity contribution in [3.63, 3.8) is 0 Å². The predicted molar refractivity (Wildman–Crippen MR) is 57.2 cm³/mol. The average Bonchev–Trinajstić information content (AvgIpc) is 2.01. The van der Waals surface area contributed by atoms with Crippen LogP contribution in [0.4, 0.5) is 5.82 Å². The van der Waals surface area contributed by atoms with E-state index in [1.54, 1.807) is 0 Å². The van der Waals surface area contributed by atoms with Crippen molar-refractivity contribution in [2.24, 2.45) is 5.92 Å². The van der Waals surface area contributed by atoms with Gasteiger partial charge in [0.15, 0.2) is 0 Å². The smallest absolute Gasteiger partial charge is 0.256 e. The van der Waals surface area contributed by atoms with Crippen LogP contribution >= 0.6 is 0 Å². The Morgan fingerprint density at radius 3 is 2.57 bits per heavy atom. The first kappa shape index (κ1) is 10.8. The van der Waals surface area contributed by atoms with E-state index in [-0.39, 0.29) is 5.56 Å². The quantitative estimate of drug-likeness (QED) is 0.759. The van der Waals surface area contributed by atoms with Crippen molar-refractivity contribution in [3.05, 3.63) is 21.7 Å². The third-order valence-corrected chi connectivity index (χ3v) is 2.05. The molecule has 0 saturated heterocycles. The molecule has 4 nitrogen and oxygen atoms in total. The summed E-state index contributed by atoms with van der Waals surface area (Å²) < 4.78 is 0. The van der Waals surface area contributed by atoms with E-state index >= 15 is 0 Å². The van der Waals surface area contributed by atoms with Crippen LogP contribution in [-0.2, 0) is 12.8 Å². The number of nitrogen functional groups attached to an aromatic ring is 1. The van der Waals surface area contributed by atoms with Gasteiger partial charge in [-0.2, -0.15) is 0 Å². The molecule has 0 aromatic carbocycles. The molecule has 0 radical (unpaired) electrons. The van der Waals surface area contributed by atoms with E-state index in [4.69, 9.17) is 5.73 Å². The molecule has 14 heavy (non-hydrogen) atoms. The number of aromatic amines is 1. The highest BCUT2D eigenvalue weighted by atomic mass is 16.1. The Labute approximate surface area is 83.6 Å². The van der Waals surface area contributed by atoms with Crippen molar-refractivity contribution >= 4 is 5.82 Å². The van der Waals surface area contributed by atoms with Gasteiger partial charge in [0.25, 0.3) is 5.56 Å². The van der Waals surface area contributed by atoms with Crippen LogP contribution in [0.5, 0.6) is 0 Å². The van der Waals surface area contributed by atoms with E-state index < -0.39 is 0 Å². The van der Waals surface area contributed by atoms with Crippen LogP contribution < -0.4 is 11.3 Å². The van der Waals surface area contributed by atoms with Crippen molar-refractivity contribution in [2.45, 2.75) is 33.6 Å². The lowest BCUT2D eigenvalue weighted by Crippen LogP contribution is -2.20. The standard InChI is InChI=1S/C10H17N3O/c1-4-7-9(11)12-8(5-6(2)3)13-10(7)14/h6H,4-5H2,1-3H3,(H3,11,12,13,14). The number of aromatic nitrogens is 2. The number of rotatable bonds is 3. The monoisotopic (exact) mass is 195 g/mol. The van der Waals surface area contributed by atoms with E-state index in [1.807, 2.05) is 6.92 Å². The molecule has 0 aliphatic rings. The minimum Gasteiger partial charge on any atom is -0.383 e. The van der Waals surface area contributed by atoms with Crippen LogP contribution in [0, 0.1) is 5.92 Å². The van der Waals surface area contributed by atoms with Gasteiger partial charge in [0.05, 0.1) is 5.56 Å². The summed E-state index contributed by atoms with van der Waals surface area (Å²) in [5, 5.41) is 0. The van der Waals surface area contributed by atoms with Crippen molar-refractivity contribution in [2.75, 3.05) is 5.73 Å². The van der Waals surface area contributed by atoms with Gasteiger partial charge in [0, 0.05) is 6.42 Å². The summed E-state index contributed by atoms with van der Waals surface area (Å²) in [4.78, 5) is 18.4. The van der Waals surface area contributed by atoms with Crippen LogP contribution in [0.25, 0.3) is 0 Å². The second-order valence-corrected chi connectivity index (χ2v) is 3.83. The van der Waals surface area contributed by atoms with Crippen LogP contribution in [-0.4, -0.2) is 9.97 Å². The maximum Gasteiger partial charge on any atom is 0.256 e. The van der Waals surface area contributed by atoms with E-state index in [9.17, 15) is 4.79 Å². The molecular weight excluding hydrogens is 178 g/mol. The molecule has 1 rings (SSSR count). The first-order valence-electron chi connectivity index (χ1n) is 4.92. The molecular formula is C10H17N3O. The number of nitrogens with one attached hydrogen (secondary N) is 1. The molecule has 0 bridgehead atoms. The molecule has 0 saturated carbocycles. The molecule has 78 valence electrons. The van der Waals surface area contributed by atoms with Crippen LogP contribution in [0.15, 0.2) is 4.79 Å². The van der Waals surface area contributed by atoms with Gasteiger partial charge < -0.3 is 10.7 Å². The molecule has 0 spiro atoms. The van der Waals surface area contributed by atoms with Crippen molar-refractivity contribution < 1.29 is 0 Å². The first-order chi connectivity index (χ1) is 6.54. The number of H-pyrrole nitrogens is 1. The summed E-state index contributed by atoms with van der Waals surface area (Å²) in [6.07, 6.45) is 1.37. The van der Waals surface area contributed by atoms with E-state index in [1.165, 1.54) is 0 Å². The maximum atomic E-state index is 11.5. The highest BCUT2D eigenvalue weighted by Gasteiger charge is 2.07. The summed E-state index contributed by atoms with van der Waals surface area (Å²) in [6, 6.07) is 0. The number of nitrogens with zero attached hydrogens (tertiary/aromatic N) is 1. The molecule has 4 heteroatoms. The highest BCUT2D eigenvalue weighted by Crippen LogP contribution is 2.06. The van der Waals surface area contributed by atoms with Crippen LogP contribution in [0.3, 0.4) is 0 Å². The molecule has 1 aromatic rings. The molecule has 0 atom stereocenters. The second-order valence-electron chi connectivity index (χ2n) is 3.83. The van der Waals surface area contributed by atoms with Gasteiger partial charge in [-0.25, -0.2) is 4.98 Å². The molecule has 3 N–H and O–H groups in total. The average molecular weight is 195 g/mol. The van der Waals surface area contributed by atoms with Gasteiger partial charge in [-0.05, 0) is 12.3 Å². The van der Waals surface area contributed by atoms with Gasteiger partial charge in [0.2, 0.25) is 0 Å².